The van der Waals surface area contributed by atoms with Crippen LogP contribution in [0.5, 0.6) is 0 Å². The second-order valence-corrected chi connectivity index (χ2v) is 6.09. The fourth-order valence-corrected chi connectivity index (χ4v) is 2.96. The van der Waals surface area contributed by atoms with E-state index in [4.69, 9.17) is 0 Å². The number of hydrogen-bond acceptors (Lipinski definition) is 5. The number of nitrogens with zero attached hydrogens (tertiary/aromatic N) is 4. The molecule has 0 aromatic carbocycles. The minimum atomic E-state index is 0.0342. The van der Waals surface area contributed by atoms with Gasteiger partial charge < -0.3 is 10.2 Å². The van der Waals surface area contributed by atoms with Gasteiger partial charge in [0.05, 0.1) is 11.6 Å². The molecule has 0 saturated carbocycles. The van der Waals surface area contributed by atoms with Crippen LogP contribution >= 0.6 is 0 Å². The Kier molecular flexibility index (Phi) is 5.36. The lowest BCUT2D eigenvalue weighted by Gasteiger charge is -2.32. The average molecular weight is 325 g/mol. The van der Waals surface area contributed by atoms with Gasteiger partial charge in [-0.05, 0) is 43.5 Å². The molecule has 1 N–H and O–H groups in total. The lowest BCUT2D eigenvalue weighted by atomic mass is 9.97. The molecule has 0 spiro atoms. The Morgan fingerprint density at radius 2 is 2.08 bits per heavy atom. The maximum atomic E-state index is 12.2. The molecule has 1 fully saturated rings. The number of anilines is 1. The molecule has 6 nitrogen and oxygen atoms in total. The number of nitrogens with one attached hydrogen (secondary N) is 1. The number of pyridine rings is 1. The van der Waals surface area contributed by atoms with E-state index in [1.54, 1.807) is 12.4 Å². The van der Waals surface area contributed by atoms with Gasteiger partial charge in [-0.1, -0.05) is 6.92 Å². The van der Waals surface area contributed by atoms with Crippen molar-refractivity contribution in [2.45, 2.75) is 26.2 Å². The van der Waals surface area contributed by atoms with E-state index >= 15 is 0 Å². The molecule has 0 radical (unpaired) electrons. The third kappa shape index (κ3) is 3.88. The number of carbonyl (C=O) groups is 1. The van der Waals surface area contributed by atoms with Gasteiger partial charge >= 0.3 is 0 Å². The number of carbonyl (C=O) groups excluding carboxylic acids is 1. The summed E-state index contributed by atoms with van der Waals surface area (Å²) in [5.41, 5.74) is 1.83. The van der Waals surface area contributed by atoms with Crippen molar-refractivity contribution in [1.82, 2.24) is 20.5 Å². The van der Waals surface area contributed by atoms with Crippen LogP contribution in [0, 0.1) is 5.92 Å². The van der Waals surface area contributed by atoms with Crippen molar-refractivity contribution in [3.63, 3.8) is 0 Å². The molecule has 2 aromatic rings. The van der Waals surface area contributed by atoms with E-state index in [1.807, 2.05) is 24.3 Å². The van der Waals surface area contributed by atoms with Crippen LogP contribution in [0.15, 0.2) is 36.7 Å². The zero-order valence-electron chi connectivity index (χ0n) is 14.0. The monoisotopic (exact) mass is 325 g/mol. The Bertz CT molecular complexity index is 659. The molecule has 1 aliphatic rings. The van der Waals surface area contributed by atoms with Crippen molar-refractivity contribution in [2.75, 3.05) is 24.5 Å². The van der Waals surface area contributed by atoms with Crippen LogP contribution in [-0.4, -0.2) is 40.7 Å². The number of amides is 1. The first-order valence-electron chi connectivity index (χ1n) is 8.54. The molecule has 126 valence electrons. The van der Waals surface area contributed by atoms with E-state index < -0.39 is 0 Å². The largest absolute Gasteiger partial charge is 0.356 e. The van der Waals surface area contributed by atoms with Crippen LogP contribution in [0.2, 0.25) is 0 Å². The molecule has 1 atom stereocenters. The molecule has 1 saturated heterocycles. The van der Waals surface area contributed by atoms with Gasteiger partial charge in [0.2, 0.25) is 5.91 Å². The van der Waals surface area contributed by atoms with Crippen molar-refractivity contribution >= 4 is 11.7 Å². The summed E-state index contributed by atoms with van der Waals surface area (Å²) in [4.78, 5) is 18.4. The van der Waals surface area contributed by atoms with E-state index in [0.29, 0.717) is 6.54 Å². The highest BCUT2D eigenvalue weighted by atomic mass is 16.1. The smallest absolute Gasteiger partial charge is 0.224 e. The van der Waals surface area contributed by atoms with E-state index in [9.17, 15) is 4.79 Å². The summed E-state index contributed by atoms with van der Waals surface area (Å²) in [5.74, 6) is 1.02. The van der Waals surface area contributed by atoms with Gasteiger partial charge in [-0.2, -0.15) is 0 Å². The summed E-state index contributed by atoms with van der Waals surface area (Å²) in [6, 6.07) is 7.78. The Morgan fingerprint density at radius 1 is 1.25 bits per heavy atom. The number of hydrogen-bond donors (Lipinski definition) is 1. The van der Waals surface area contributed by atoms with Gasteiger partial charge in [0.15, 0.2) is 5.82 Å². The van der Waals surface area contributed by atoms with Gasteiger partial charge in [-0.15, -0.1) is 10.2 Å². The standard InChI is InChI=1S/C18H23N5O/c1-2-9-20-18(24)15-4-3-12-23(13-15)17-6-5-16(21-22-17)14-7-10-19-11-8-14/h5-8,10-11,15H,2-4,9,12-13H2,1H3,(H,20,24). The normalized spacial score (nSPS) is 17.5. The minimum absolute atomic E-state index is 0.0342. The van der Waals surface area contributed by atoms with Crippen LogP contribution in [0.1, 0.15) is 26.2 Å². The zero-order valence-corrected chi connectivity index (χ0v) is 14.0. The van der Waals surface area contributed by atoms with Crippen molar-refractivity contribution in [1.29, 1.82) is 0 Å². The zero-order chi connectivity index (χ0) is 16.8. The van der Waals surface area contributed by atoms with Crippen LogP contribution in [0.25, 0.3) is 11.3 Å². The number of rotatable bonds is 5. The Labute approximate surface area is 142 Å². The predicted octanol–water partition coefficient (Wildman–Crippen LogP) is 2.28. The quantitative estimate of drug-likeness (QED) is 0.913. The van der Waals surface area contributed by atoms with Gasteiger partial charge in [0.25, 0.3) is 0 Å². The minimum Gasteiger partial charge on any atom is -0.356 e. The average Bonchev–Trinajstić information content (AvgIpc) is 2.67. The van der Waals surface area contributed by atoms with Crippen molar-refractivity contribution in [2.24, 2.45) is 5.92 Å². The van der Waals surface area contributed by atoms with Gasteiger partial charge in [0.1, 0.15) is 0 Å². The topological polar surface area (TPSA) is 71.0 Å². The molecule has 1 amide bonds. The first kappa shape index (κ1) is 16.4. The number of aromatic nitrogens is 3. The lowest BCUT2D eigenvalue weighted by Crippen LogP contribution is -2.43. The van der Waals surface area contributed by atoms with Crippen molar-refractivity contribution in [3.05, 3.63) is 36.7 Å². The third-order valence-corrected chi connectivity index (χ3v) is 4.29. The number of piperidine rings is 1. The van der Waals surface area contributed by atoms with Crippen molar-refractivity contribution in [3.8, 4) is 11.3 Å². The van der Waals surface area contributed by atoms with Crippen LogP contribution < -0.4 is 10.2 Å². The summed E-state index contributed by atoms with van der Waals surface area (Å²) >= 11 is 0. The van der Waals surface area contributed by atoms with Gasteiger partial charge in [-0.3, -0.25) is 9.78 Å². The van der Waals surface area contributed by atoms with Crippen LogP contribution in [-0.2, 0) is 4.79 Å². The summed E-state index contributed by atoms with van der Waals surface area (Å²) in [7, 11) is 0. The highest BCUT2D eigenvalue weighted by molar-refractivity contribution is 5.79. The second-order valence-electron chi connectivity index (χ2n) is 6.09. The maximum Gasteiger partial charge on any atom is 0.224 e. The van der Waals surface area contributed by atoms with Gasteiger partial charge in [0, 0.05) is 37.6 Å². The summed E-state index contributed by atoms with van der Waals surface area (Å²) < 4.78 is 0. The molecule has 0 aliphatic carbocycles. The third-order valence-electron chi connectivity index (χ3n) is 4.29. The van der Waals surface area contributed by atoms with Crippen LogP contribution in [0.3, 0.4) is 0 Å². The Morgan fingerprint density at radius 3 is 2.79 bits per heavy atom. The first-order chi connectivity index (χ1) is 11.8. The van der Waals surface area contributed by atoms with E-state index in [-0.39, 0.29) is 11.8 Å². The highest BCUT2D eigenvalue weighted by Crippen LogP contribution is 2.23. The molecule has 1 unspecified atom stereocenters. The molecule has 3 rings (SSSR count). The van der Waals surface area contributed by atoms with Crippen LogP contribution in [0.4, 0.5) is 5.82 Å². The molecule has 6 heteroatoms. The summed E-state index contributed by atoms with van der Waals surface area (Å²) in [6.07, 6.45) is 6.39. The molecule has 1 aliphatic heterocycles. The Hall–Kier alpha value is -2.50. The van der Waals surface area contributed by atoms with Gasteiger partial charge in [-0.25, -0.2) is 0 Å². The summed E-state index contributed by atoms with van der Waals surface area (Å²) in [6.45, 7) is 4.43. The van der Waals surface area contributed by atoms with E-state index in [2.05, 4.69) is 32.3 Å². The van der Waals surface area contributed by atoms with Crippen molar-refractivity contribution < 1.29 is 4.79 Å². The molecular weight excluding hydrogens is 302 g/mol. The second kappa shape index (κ2) is 7.86. The molecule has 3 heterocycles. The SMILES string of the molecule is CCCNC(=O)C1CCCN(c2ccc(-c3ccncc3)nn2)C1. The first-order valence-corrected chi connectivity index (χ1v) is 8.54. The predicted molar refractivity (Wildman–Crippen MR) is 93.5 cm³/mol. The fourth-order valence-electron chi connectivity index (χ4n) is 2.96. The molecular formula is C18H23N5O. The molecule has 2 aromatic heterocycles. The van der Waals surface area contributed by atoms with E-state index in [0.717, 1.165) is 49.4 Å². The van der Waals surface area contributed by atoms with E-state index in [1.165, 1.54) is 0 Å². The summed E-state index contributed by atoms with van der Waals surface area (Å²) in [5, 5.41) is 11.7. The maximum absolute atomic E-state index is 12.2. The Balaban J connectivity index is 1.66. The lowest BCUT2D eigenvalue weighted by molar-refractivity contribution is -0.125. The highest BCUT2D eigenvalue weighted by Gasteiger charge is 2.26. The fraction of sp³-hybridized carbons (Fsp3) is 0.444. The molecule has 24 heavy (non-hydrogen) atoms. The molecule has 0 bridgehead atoms.